The molecule has 0 atom stereocenters. The van der Waals surface area contributed by atoms with Crippen LogP contribution >= 0.6 is 0 Å². The van der Waals surface area contributed by atoms with Crippen LogP contribution < -0.4 is 22.3 Å². The summed E-state index contributed by atoms with van der Waals surface area (Å²) in [4.78, 5) is 25.9. The van der Waals surface area contributed by atoms with E-state index >= 15 is 0 Å². The summed E-state index contributed by atoms with van der Waals surface area (Å²) in [6.45, 7) is 3.51. The first-order chi connectivity index (χ1) is 9.53. The maximum Gasteiger partial charge on any atom is 0.330 e. The Morgan fingerprint density at radius 2 is 2.15 bits per heavy atom. The maximum absolute atomic E-state index is 11.9. The second-order valence-electron chi connectivity index (χ2n) is 5.37. The molecular weight excluding hydrogens is 260 g/mol. The van der Waals surface area contributed by atoms with E-state index in [1.165, 1.54) is 4.57 Å². The highest BCUT2D eigenvalue weighted by atomic mass is 16.5. The number of aromatic amines is 1. The third kappa shape index (κ3) is 2.87. The molecule has 2 rings (SSSR count). The van der Waals surface area contributed by atoms with Gasteiger partial charge < -0.3 is 15.8 Å². The van der Waals surface area contributed by atoms with Gasteiger partial charge in [0.25, 0.3) is 5.56 Å². The van der Waals surface area contributed by atoms with Crippen molar-refractivity contribution >= 4 is 11.5 Å². The van der Waals surface area contributed by atoms with Gasteiger partial charge in [-0.25, -0.2) is 4.79 Å². The molecule has 0 amide bonds. The third-order valence-corrected chi connectivity index (χ3v) is 4.11. The quantitative estimate of drug-likeness (QED) is 0.670. The van der Waals surface area contributed by atoms with Crippen molar-refractivity contribution in [2.45, 2.75) is 32.7 Å². The van der Waals surface area contributed by atoms with Crippen molar-refractivity contribution in [3.8, 4) is 0 Å². The lowest BCUT2D eigenvalue weighted by molar-refractivity contribution is 0.186. The molecule has 4 N–H and O–H groups in total. The molecule has 112 valence electrons. The lowest BCUT2D eigenvalue weighted by atomic mass is 10.0. The summed E-state index contributed by atoms with van der Waals surface area (Å²) in [6, 6.07) is 0. The van der Waals surface area contributed by atoms with Crippen molar-refractivity contribution in [3.05, 3.63) is 20.8 Å². The van der Waals surface area contributed by atoms with E-state index in [1.54, 1.807) is 7.11 Å². The van der Waals surface area contributed by atoms with E-state index in [0.717, 1.165) is 19.3 Å². The Hall–Kier alpha value is -1.76. The molecule has 1 aromatic rings. The minimum atomic E-state index is -0.508. The number of nitrogens with zero attached hydrogens (tertiary/aromatic N) is 1. The molecule has 0 aromatic carbocycles. The first-order valence-corrected chi connectivity index (χ1v) is 6.88. The van der Waals surface area contributed by atoms with Crippen LogP contribution in [-0.4, -0.2) is 29.8 Å². The van der Waals surface area contributed by atoms with Crippen LogP contribution in [-0.2, 0) is 11.3 Å². The molecule has 0 radical (unpaired) electrons. The van der Waals surface area contributed by atoms with Gasteiger partial charge in [0.15, 0.2) is 0 Å². The molecule has 1 fully saturated rings. The second kappa shape index (κ2) is 5.70. The summed E-state index contributed by atoms with van der Waals surface area (Å²) in [5.74, 6) is 0.169. The summed E-state index contributed by atoms with van der Waals surface area (Å²) < 4.78 is 6.26. The van der Waals surface area contributed by atoms with E-state index in [4.69, 9.17) is 10.5 Å². The number of rotatable bonds is 7. The molecule has 1 aromatic heterocycles. The third-order valence-electron chi connectivity index (χ3n) is 4.11. The van der Waals surface area contributed by atoms with Gasteiger partial charge >= 0.3 is 5.69 Å². The fraction of sp³-hybridized carbons (Fsp3) is 0.692. The van der Waals surface area contributed by atoms with E-state index in [9.17, 15) is 9.59 Å². The molecular formula is C13H22N4O3. The average Bonchev–Trinajstić information content (AvgIpc) is 3.18. The van der Waals surface area contributed by atoms with Crippen LogP contribution in [0, 0.1) is 5.41 Å². The number of aromatic nitrogens is 2. The number of hydrogen-bond donors (Lipinski definition) is 3. The fourth-order valence-corrected chi connectivity index (χ4v) is 2.27. The van der Waals surface area contributed by atoms with Gasteiger partial charge in [-0.1, -0.05) is 6.92 Å². The second-order valence-corrected chi connectivity index (χ2v) is 5.37. The summed E-state index contributed by atoms with van der Waals surface area (Å²) >= 11 is 0. The van der Waals surface area contributed by atoms with Gasteiger partial charge in [-0.05, 0) is 24.7 Å². The van der Waals surface area contributed by atoms with Gasteiger partial charge in [0.1, 0.15) is 11.5 Å². The van der Waals surface area contributed by atoms with Gasteiger partial charge in [-0.15, -0.1) is 0 Å². The smallest absolute Gasteiger partial charge is 0.330 e. The number of methoxy groups -OCH3 is 1. The van der Waals surface area contributed by atoms with Crippen molar-refractivity contribution in [1.82, 2.24) is 9.55 Å². The molecule has 0 saturated heterocycles. The minimum Gasteiger partial charge on any atom is -0.383 e. The van der Waals surface area contributed by atoms with E-state index < -0.39 is 11.2 Å². The van der Waals surface area contributed by atoms with E-state index in [0.29, 0.717) is 19.7 Å². The van der Waals surface area contributed by atoms with Gasteiger partial charge in [0.2, 0.25) is 0 Å². The Balaban J connectivity index is 2.23. The molecule has 0 spiro atoms. The zero-order valence-electron chi connectivity index (χ0n) is 12.0. The van der Waals surface area contributed by atoms with Gasteiger partial charge in [-0.2, -0.15) is 0 Å². The Morgan fingerprint density at radius 1 is 1.45 bits per heavy atom. The topological polar surface area (TPSA) is 102 Å². The van der Waals surface area contributed by atoms with Crippen LogP contribution in [0.1, 0.15) is 26.2 Å². The Kier molecular flexibility index (Phi) is 4.17. The van der Waals surface area contributed by atoms with Crippen molar-refractivity contribution in [2.24, 2.45) is 5.41 Å². The van der Waals surface area contributed by atoms with E-state index in [1.807, 2.05) is 0 Å². The molecule has 7 heteroatoms. The van der Waals surface area contributed by atoms with Crippen molar-refractivity contribution in [3.63, 3.8) is 0 Å². The lowest BCUT2D eigenvalue weighted by Gasteiger charge is -2.17. The highest BCUT2D eigenvalue weighted by Gasteiger charge is 2.40. The van der Waals surface area contributed by atoms with Crippen LogP contribution in [0.2, 0.25) is 0 Å². The predicted octanol–water partition coefficient (Wildman–Crippen LogP) is 0.367. The van der Waals surface area contributed by atoms with Crippen molar-refractivity contribution in [1.29, 1.82) is 0 Å². The lowest BCUT2D eigenvalue weighted by Crippen LogP contribution is -2.35. The number of H-pyrrole nitrogens is 1. The minimum absolute atomic E-state index is 0.169. The Labute approximate surface area is 117 Å². The normalized spacial score (nSPS) is 16.1. The number of hydrogen-bond acceptors (Lipinski definition) is 5. The summed E-state index contributed by atoms with van der Waals surface area (Å²) in [5, 5.41) is 3.11. The number of ether oxygens (including phenoxy) is 1. The Bertz CT molecular complexity index is 586. The standard InChI is InChI=1S/C13H22N4O3/c1-3-13(4-5-13)8-15-9-10(14)17(6-7-20-2)12(19)16-11(9)18/h15H,3-8,14H2,1-2H3,(H,16,18,19). The first-order valence-electron chi connectivity index (χ1n) is 6.88. The molecule has 20 heavy (non-hydrogen) atoms. The Morgan fingerprint density at radius 3 is 2.70 bits per heavy atom. The molecule has 1 aliphatic rings. The number of nitrogen functional groups attached to an aromatic ring is 1. The van der Waals surface area contributed by atoms with Crippen LogP contribution in [0.25, 0.3) is 0 Å². The monoisotopic (exact) mass is 282 g/mol. The maximum atomic E-state index is 11.9. The SMILES string of the molecule is CCC1(CNc2c(N)n(CCOC)c(=O)[nH]c2=O)CC1. The average molecular weight is 282 g/mol. The zero-order chi connectivity index (χ0) is 14.8. The zero-order valence-corrected chi connectivity index (χ0v) is 12.0. The van der Waals surface area contributed by atoms with Gasteiger partial charge in [0.05, 0.1) is 13.2 Å². The molecule has 7 nitrogen and oxygen atoms in total. The van der Waals surface area contributed by atoms with Crippen LogP contribution in [0.4, 0.5) is 11.5 Å². The molecule has 1 heterocycles. The molecule has 1 aliphatic carbocycles. The highest BCUT2D eigenvalue weighted by molar-refractivity contribution is 5.60. The van der Waals surface area contributed by atoms with E-state index in [-0.39, 0.29) is 16.9 Å². The molecule has 0 aliphatic heterocycles. The molecule has 1 saturated carbocycles. The van der Waals surface area contributed by atoms with Crippen LogP contribution in [0.3, 0.4) is 0 Å². The van der Waals surface area contributed by atoms with Crippen molar-refractivity contribution < 1.29 is 4.74 Å². The van der Waals surface area contributed by atoms with Crippen molar-refractivity contribution in [2.75, 3.05) is 31.3 Å². The largest absolute Gasteiger partial charge is 0.383 e. The number of nitrogens with one attached hydrogen (secondary N) is 2. The summed E-state index contributed by atoms with van der Waals surface area (Å²) in [5.41, 5.74) is 5.53. The predicted molar refractivity (Wildman–Crippen MR) is 78.1 cm³/mol. The molecule has 0 bridgehead atoms. The fourth-order valence-electron chi connectivity index (χ4n) is 2.27. The summed E-state index contributed by atoms with van der Waals surface area (Å²) in [6.07, 6.45) is 3.40. The van der Waals surface area contributed by atoms with Gasteiger partial charge in [-0.3, -0.25) is 14.3 Å². The van der Waals surface area contributed by atoms with Crippen LogP contribution in [0.5, 0.6) is 0 Å². The molecule has 0 unspecified atom stereocenters. The number of nitrogens with two attached hydrogens (primary N) is 1. The summed E-state index contributed by atoms with van der Waals surface area (Å²) in [7, 11) is 1.55. The van der Waals surface area contributed by atoms with E-state index in [2.05, 4.69) is 17.2 Å². The highest BCUT2D eigenvalue weighted by Crippen LogP contribution is 2.48. The van der Waals surface area contributed by atoms with Crippen LogP contribution in [0.15, 0.2) is 9.59 Å². The first kappa shape index (κ1) is 14.6. The number of anilines is 2. The van der Waals surface area contributed by atoms with Gasteiger partial charge in [0, 0.05) is 13.7 Å².